The lowest BCUT2D eigenvalue weighted by Crippen LogP contribution is -1.88. The average molecular weight is 183 g/mol. The van der Waals surface area contributed by atoms with E-state index < -0.39 is 0 Å². The molecule has 3 nitrogen and oxygen atoms in total. The van der Waals surface area contributed by atoms with E-state index in [-0.39, 0.29) is 0 Å². The molecular weight excluding hydrogens is 174 g/mol. The molecule has 1 heterocycles. The van der Waals surface area contributed by atoms with Crippen molar-refractivity contribution in [3.63, 3.8) is 0 Å². The van der Waals surface area contributed by atoms with Crippen molar-refractivity contribution >= 4 is 5.82 Å². The number of nitrogens with two attached hydrogens (primary N) is 1. The highest BCUT2D eigenvalue weighted by molar-refractivity contribution is 5.80. The topological polar surface area (TPSA) is 65.6 Å². The van der Waals surface area contributed by atoms with Crippen LogP contribution < -0.4 is 5.73 Å². The Morgan fingerprint density at radius 3 is 2.57 bits per heavy atom. The number of aromatic nitrogens is 1. The Morgan fingerprint density at radius 2 is 1.93 bits per heavy atom. The number of anilines is 1. The molecule has 0 aliphatic rings. The summed E-state index contributed by atoms with van der Waals surface area (Å²) in [6.07, 6.45) is 1.62. The van der Waals surface area contributed by atoms with Crippen molar-refractivity contribution in [2.24, 2.45) is 0 Å². The summed E-state index contributed by atoms with van der Waals surface area (Å²) in [7, 11) is 0. The van der Waals surface area contributed by atoms with E-state index in [0.717, 1.165) is 11.1 Å². The first kappa shape index (κ1) is 8.39. The van der Waals surface area contributed by atoms with Crippen LogP contribution in [-0.4, -0.2) is 4.98 Å². The van der Waals surface area contributed by atoms with Gasteiger partial charge >= 0.3 is 0 Å². The predicted molar refractivity (Wildman–Crippen MR) is 55.4 cm³/mol. The maximum Gasteiger partial charge on any atom is 0.110 e. The molecule has 0 amide bonds. The van der Waals surface area contributed by atoms with E-state index in [4.69, 9.17) is 11.0 Å². The normalized spacial score (nSPS) is 9.64. The highest BCUT2D eigenvalue weighted by atomic mass is 14.8. The third kappa shape index (κ3) is 1.23. The van der Waals surface area contributed by atoms with E-state index in [1.807, 2.05) is 30.3 Å². The van der Waals surface area contributed by atoms with Gasteiger partial charge in [0.2, 0.25) is 0 Å². The Morgan fingerprint density at radius 1 is 1.21 bits per heavy atom. The van der Waals surface area contributed by atoms with E-state index in [0.29, 0.717) is 11.4 Å². The number of hydrogen-bond acceptors (Lipinski definition) is 2. The molecule has 14 heavy (non-hydrogen) atoms. The van der Waals surface area contributed by atoms with Crippen LogP contribution in [0, 0.1) is 11.3 Å². The van der Waals surface area contributed by atoms with Gasteiger partial charge in [0.1, 0.15) is 11.9 Å². The summed E-state index contributed by atoms with van der Waals surface area (Å²) in [5, 5.41) is 8.87. The third-order valence-electron chi connectivity index (χ3n) is 2.09. The smallest absolute Gasteiger partial charge is 0.110 e. The minimum atomic E-state index is 0.535. The van der Waals surface area contributed by atoms with Gasteiger partial charge in [0.25, 0.3) is 0 Å². The standard InChI is InChI=1S/C11H9N3/c12-6-9-7-14-11(13)10(9)8-4-2-1-3-5-8/h1-5,7,14H,13H2. The zero-order valence-electron chi connectivity index (χ0n) is 7.49. The van der Waals surface area contributed by atoms with E-state index in [1.165, 1.54) is 0 Å². The first-order valence-electron chi connectivity index (χ1n) is 4.25. The van der Waals surface area contributed by atoms with E-state index in [9.17, 15) is 0 Å². The summed E-state index contributed by atoms with van der Waals surface area (Å²) in [5.41, 5.74) is 8.07. The zero-order valence-corrected chi connectivity index (χ0v) is 7.49. The maximum absolute atomic E-state index is 8.87. The fourth-order valence-corrected chi connectivity index (χ4v) is 1.44. The van der Waals surface area contributed by atoms with Crippen molar-refractivity contribution in [3.05, 3.63) is 42.1 Å². The molecule has 0 radical (unpaired) electrons. The number of benzene rings is 1. The first-order chi connectivity index (χ1) is 6.83. The second-order valence-corrected chi connectivity index (χ2v) is 2.97. The molecule has 0 aliphatic heterocycles. The Balaban J connectivity index is 2.63. The molecule has 0 bridgehead atoms. The van der Waals surface area contributed by atoms with Gasteiger partial charge in [0.15, 0.2) is 0 Å². The van der Waals surface area contributed by atoms with Crippen LogP contribution in [0.1, 0.15) is 5.56 Å². The Bertz CT molecular complexity index is 477. The fourth-order valence-electron chi connectivity index (χ4n) is 1.44. The van der Waals surface area contributed by atoms with Crippen LogP contribution in [0.25, 0.3) is 11.1 Å². The summed E-state index contributed by atoms with van der Waals surface area (Å²) in [6, 6.07) is 11.7. The molecule has 0 spiro atoms. The van der Waals surface area contributed by atoms with Crippen LogP contribution in [0.4, 0.5) is 5.82 Å². The predicted octanol–water partition coefficient (Wildman–Crippen LogP) is 2.14. The molecule has 1 aromatic carbocycles. The number of nitrogens with one attached hydrogen (secondary N) is 1. The number of nitriles is 1. The highest BCUT2D eigenvalue weighted by Crippen LogP contribution is 2.28. The molecular formula is C11H9N3. The Hall–Kier alpha value is -2.21. The molecule has 0 aliphatic carbocycles. The summed E-state index contributed by atoms with van der Waals surface area (Å²) in [6.45, 7) is 0. The van der Waals surface area contributed by atoms with Gasteiger partial charge in [-0.15, -0.1) is 0 Å². The number of hydrogen-bond donors (Lipinski definition) is 2. The molecule has 0 saturated heterocycles. The van der Waals surface area contributed by atoms with Gasteiger partial charge in [0.05, 0.1) is 5.56 Å². The number of nitrogens with zero attached hydrogens (tertiary/aromatic N) is 1. The van der Waals surface area contributed by atoms with Crippen molar-refractivity contribution in [3.8, 4) is 17.2 Å². The van der Waals surface area contributed by atoms with Gasteiger partial charge in [-0.3, -0.25) is 0 Å². The molecule has 2 aromatic rings. The second kappa shape index (κ2) is 3.27. The molecule has 0 unspecified atom stereocenters. The molecule has 2 rings (SSSR count). The molecule has 0 fully saturated rings. The minimum absolute atomic E-state index is 0.535. The largest absolute Gasteiger partial charge is 0.385 e. The summed E-state index contributed by atoms with van der Waals surface area (Å²) in [5.74, 6) is 0.535. The maximum atomic E-state index is 8.87. The van der Waals surface area contributed by atoms with Crippen LogP contribution in [-0.2, 0) is 0 Å². The number of aromatic amines is 1. The molecule has 0 saturated carbocycles. The summed E-state index contributed by atoms with van der Waals surface area (Å²) < 4.78 is 0. The molecule has 68 valence electrons. The van der Waals surface area contributed by atoms with Crippen LogP contribution in [0.2, 0.25) is 0 Å². The van der Waals surface area contributed by atoms with Crippen molar-refractivity contribution in [1.29, 1.82) is 5.26 Å². The first-order valence-corrected chi connectivity index (χ1v) is 4.25. The van der Waals surface area contributed by atoms with E-state index in [1.54, 1.807) is 6.20 Å². The van der Waals surface area contributed by atoms with E-state index >= 15 is 0 Å². The van der Waals surface area contributed by atoms with Crippen molar-refractivity contribution in [1.82, 2.24) is 4.98 Å². The van der Waals surface area contributed by atoms with Crippen LogP contribution in [0.5, 0.6) is 0 Å². The van der Waals surface area contributed by atoms with Crippen LogP contribution in [0.15, 0.2) is 36.5 Å². The summed E-state index contributed by atoms with van der Waals surface area (Å²) in [4.78, 5) is 2.84. The van der Waals surface area contributed by atoms with Crippen LogP contribution in [0.3, 0.4) is 0 Å². The Labute approximate surface area is 81.8 Å². The molecule has 1 aromatic heterocycles. The van der Waals surface area contributed by atoms with Crippen molar-refractivity contribution in [2.45, 2.75) is 0 Å². The fraction of sp³-hybridized carbons (Fsp3) is 0. The van der Waals surface area contributed by atoms with E-state index in [2.05, 4.69) is 11.1 Å². The van der Waals surface area contributed by atoms with Gasteiger partial charge in [-0.1, -0.05) is 30.3 Å². The van der Waals surface area contributed by atoms with Gasteiger partial charge < -0.3 is 10.7 Å². The zero-order chi connectivity index (χ0) is 9.97. The van der Waals surface area contributed by atoms with Gasteiger partial charge in [0, 0.05) is 11.8 Å². The average Bonchev–Trinajstić information content (AvgIpc) is 2.61. The molecule has 3 heteroatoms. The monoisotopic (exact) mass is 183 g/mol. The number of H-pyrrole nitrogens is 1. The number of nitrogen functional groups attached to an aromatic ring is 1. The minimum Gasteiger partial charge on any atom is -0.385 e. The third-order valence-corrected chi connectivity index (χ3v) is 2.09. The van der Waals surface area contributed by atoms with Gasteiger partial charge in [-0.25, -0.2) is 0 Å². The van der Waals surface area contributed by atoms with Gasteiger partial charge in [-0.2, -0.15) is 5.26 Å². The summed E-state index contributed by atoms with van der Waals surface area (Å²) >= 11 is 0. The van der Waals surface area contributed by atoms with Gasteiger partial charge in [-0.05, 0) is 5.56 Å². The van der Waals surface area contributed by atoms with Crippen molar-refractivity contribution in [2.75, 3.05) is 5.73 Å². The highest BCUT2D eigenvalue weighted by Gasteiger charge is 2.09. The lowest BCUT2D eigenvalue weighted by Gasteiger charge is -1.99. The molecule has 0 atom stereocenters. The second-order valence-electron chi connectivity index (χ2n) is 2.97. The quantitative estimate of drug-likeness (QED) is 0.711. The van der Waals surface area contributed by atoms with Crippen LogP contribution >= 0.6 is 0 Å². The van der Waals surface area contributed by atoms with Crippen molar-refractivity contribution < 1.29 is 0 Å². The lowest BCUT2D eigenvalue weighted by molar-refractivity contribution is 1.40. The number of rotatable bonds is 1. The molecule has 3 N–H and O–H groups in total. The SMILES string of the molecule is N#Cc1c[nH]c(N)c1-c1ccccc1. The lowest BCUT2D eigenvalue weighted by atomic mass is 10.0. The Kier molecular flexibility index (Phi) is 1.96.